The molecule has 3 N–H and O–H groups in total. The van der Waals surface area contributed by atoms with Crippen LogP contribution in [0.15, 0.2) is 84.6 Å². The highest BCUT2D eigenvalue weighted by molar-refractivity contribution is 5.82. The number of hydrogen-bond donors (Lipinski definition) is 3. The van der Waals surface area contributed by atoms with Gasteiger partial charge in [-0.2, -0.15) is 0 Å². The fraction of sp³-hybridized carbons (Fsp3) is 0.610. The molecule has 0 aromatic carbocycles. The van der Waals surface area contributed by atoms with Gasteiger partial charge in [-0.25, -0.2) is 9.59 Å². The van der Waals surface area contributed by atoms with E-state index in [-0.39, 0.29) is 43.9 Å². The van der Waals surface area contributed by atoms with Gasteiger partial charge in [0.1, 0.15) is 12.7 Å². The average molecular weight is 697 g/mol. The number of rotatable bonds is 11. The fourth-order valence-electron chi connectivity index (χ4n) is 6.27. The van der Waals surface area contributed by atoms with Crippen molar-refractivity contribution in [2.24, 2.45) is 17.3 Å². The van der Waals surface area contributed by atoms with E-state index >= 15 is 0 Å². The zero-order chi connectivity index (χ0) is 36.7. The summed E-state index contributed by atoms with van der Waals surface area (Å²) >= 11 is 0. The lowest BCUT2D eigenvalue weighted by molar-refractivity contribution is -0.198. The summed E-state index contributed by atoms with van der Waals surface area (Å²) in [5, 5.41) is 31.6. The van der Waals surface area contributed by atoms with Gasteiger partial charge in [-0.05, 0) is 50.5 Å². The summed E-state index contributed by atoms with van der Waals surface area (Å²) in [6.45, 7) is 13.9. The first-order valence-electron chi connectivity index (χ1n) is 18.1. The smallest absolute Gasteiger partial charge is 0.335 e. The van der Waals surface area contributed by atoms with Crippen molar-refractivity contribution in [3.63, 3.8) is 0 Å². The minimum atomic E-state index is -1.31. The van der Waals surface area contributed by atoms with E-state index in [9.17, 15) is 24.9 Å². The second-order valence-corrected chi connectivity index (χ2v) is 14.6. The van der Waals surface area contributed by atoms with Crippen LogP contribution < -0.4 is 0 Å². The summed E-state index contributed by atoms with van der Waals surface area (Å²) in [5.74, 6) is -0.720. The molecule has 0 aromatic heterocycles. The molecule has 0 unspecified atom stereocenters. The molecule has 0 radical (unpaired) electrons. The number of fused-ring (bicyclic) bond motifs is 4. The van der Waals surface area contributed by atoms with Crippen LogP contribution >= 0.6 is 0 Å². The number of hydrogen-bond acceptors (Lipinski definition) is 9. The molecule has 2 saturated heterocycles. The monoisotopic (exact) mass is 696 g/mol. The van der Waals surface area contributed by atoms with Crippen molar-refractivity contribution >= 4 is 11.9 Å². The van der Waals surface area contributed by atoms with Crippen LogP contribution in [0.2, 0.25) is 0 Å². The molecule has 9 heteroatoms. The molecule has 3 heterocycles. The molecule has 2 fully saturated rings. The van der Waals surface area contributed by atoms with E-state index in [1.807, 2.05) is 57.2 Å². The molecular weight excluding hydrogens is 636 g/mol. The Balaban J connectivity index is 1.71. The van der Waals surface area contributed by atoms with Crippen LogP contribution in [-0.4, -0.2) is 83.2 Å². The minimum Gasteiger partial charge on any atom is -0.459 e. The SMILES string of the molecule is C=C(CCC(C)C)COC(=O)[C@@H](O)C/C=C\C[C@@H]1O[C@@H]2/C=C/C/C=C/C(C)=C\[C@H]3O[C@@H](C/C=C/C=C/C(=O)O[C@H](C2)[C@@]1(C)CO)C[C@H](O)[C@H]3C. The first kappa shape index (κ1) is 41.3. The highest BCUT2D eigenvalue weighted by atomic mass is 16.6. The predicted molar refractivity (Wildman–Crippen MR) is 195 cm³/mol. The second kappa shape index (κ2) is 20.7. The number of ether oxygens (including phenoxy) is 4. The molecule has 4 bridgehead atoms. The Hall–Kier alpha value is -3.08. The van der Waals surface area contributed by atoms with Crippen LogP contribution in [0.4, 0.5) is 0 Å². The van der Waals surface area contributed by atoms with Gasteiger partial charge in [0.15, 0.2) is 6.10 Å². The second-order valence-electron chi connectivity index (χ2n) is 14.6. The molecule has 50 heavy (non-hydrogen) atoms. The zero-order valence-corrected chi connectivity index (χ0v) is 30.6. The number of esters is 2. The lowest BCUT2D eigenvalue weighted by atomic mass is 9.73. The summed E-state index contributed by atoms with van der Waals surface area (Å²) < 4.78 is 23.9. The third-order valence-electron chi connectivity index (χ3n) is 9.79. The highest BCUT2D eigenvalue weighted by Crippen LogP contribution is 2.41. The predicted octanol–water partition coefficient (Wildman–Crippen LogP) is 6.41. The van der Waals surface area contributed by atoms with E-state index < -0.39 is 41.8 Å². The lowest BCUT2D eigenvalue weighted by Crippen LogP contribution is -2.55. The molecule has 3 rings (SSSR count). The summed E-state index contributed by atoms with van der Waals surface area (Å²) in [7, 11) is 0. The van der Waals surface area contributed by atoms with Crippen molar-refractivity contribution < 1.29 is 43.9 Å². The van der Waals surface area contributed by atoms with Crippen LogP contribution in [0, 0.1) is 17.3 Å². The minimum absolute atomic E-state index is 0.0218. The molecule has 0 saturated carbocycles. The van der Waals surface area contributed by atoms with E-state index in [2.05, 4.69) is 26.5 Å². The average Bonchev–Trinajstić information content (AvgIpc) is 3.07. The molecule has 0 amide bonds. The van der Waals surface area contributed by atoms with E-state index in [1.54, 1.807) is 18.2 Å². The third kappa shape index (κ3) is 13.2. The number of carbonyl (C=O) groups excluding carboxylic acids is 2. The van der Waals surface area contributed by atoms with Crippen molar-refractivity contribution in [3.8, 4) is 0 Å². The molecule has 3 aliphatic heterocycles. The zero-order valence-electron chi connectivity index (χ0n) is 30.6. The number of carbonyl (C=O) groups is 2. The van der Waals surface area contributed by atoms with Gasteiger partial charge in [-0.1, -0.05) is 101 Å². The van der Waals surface area contributed by atoms with Crippen LogP contribution in [0.25, 0.3) is 0 Å². The largest absolute Gasteiger partial charge is 0.459 e. The van der Waals surface area contributed by atoms with Gasteiger partial charge in [-0.15, -0.1) is 0 Å². The molecular formula is C41H60O9. The molecule has 0 aliphatic carbocycles. The summed E-state index contributed by atoms with van der Waals surface area (Å²) in [5.41, 5.74) is 0.954. The van der Waals surface area contributed by atoms with Crippen molar-refractivity contribution in [1.29, 1.82) is 0 Å². The molecule has 3 aliphatic rings. The Morgan fingerprint density at radius 2 is 1.92 bits per heavy atom. The number of allylic oxidation sites excluding steroid dienone is 6. The van der Waals surface area contributed by atoms with E-state index in [0.717, 1.165) is 24.0 Å². The summed E-state index contributed by atoms with van der Waals surface area (Å²) in [6, 6.07) is 0. The Labute approximate surface area is 299 Å². The van der Waals surface area contributed by atoms with E-state index in [4.69, 9.17) is 18.9 Å². The van der Waals surface area contributed by atoms with Crippen LogP contribution in [0.5, 0.6) is 0 Å². The fourth-order valence-corrected chi connectivity index (χ4v) is 6.27. The molecule has 9 nitrogen and oxygen atoms in total. The Bertz CT molecular complexity index is 1290. The molecule has 9 atom stereocenters. The normalized spacial score (nSPS) is 35.3. The van der Waals surface area contributed by atoms with Gasteiger partial charge in [0.25, 0.3) is 0 Å². The lowest BCUT2D eigenvalue weighted by Gasteiger charge is -2.47. The van der Waals surface area contributed by atoms with Gasteiger partial charge in [0.05, 0.1) is 42.5 Å². The summed E-state index contributed by atoms with van der Waals surface area (Å²) in [4.78, 5) is 25.3. The number of aliphatic hydroxyl groups excluding tert-OH is 3. The van der Waals surface area contributed by atoms with E-state index in [1.165, 1.54) is 6.08 Å². The maximum absolute atomic E-state index is 13.0. The van der Waals surface area contributed by atoms with Crippen molar-refractivity contribution in [2.45, 2.75) is 129 Å². The number of aliphatic hydroxyl groups is 3. The maximum atomic E-state index is 13.0. The van der Waals surface area contributed by atoms with Crippen molar-refractivity contribution in [2.75, 3.05) is 13.2 Å². The van der Waals surface area contributed by atoms with E-state index in [0.29, 0.717) is 38.0 Å². The van der Waals surface area contributed by atoms with Gasteiger partial charge >= 0.3 is 11.9 Å². The molecule has 0 aromatic rings. The van der Waals surface area contributed by atoms with Gasteiger partial charge in [0.2, 0.25) is 0 Å². The Morgan fingerprint density at radius 1 is 1.14 bits per heavy atom. The van der Waals surface area contributed by atoms with Crippen LogP contribution in [0.1, 0.15) is 86.0 Å². The Kier molecular flexibility index (Phi) is 17.1. The van der Waals surface area contributed by atoms with Crippen LogP contribution in [-0.2, 0) is 28.5 Å². The Morgan fingerprint density at radius 3 is 2.66 bits per heavy atom. The van der Waals surface area contributed by atoms with Crippen LogP contribution in [0.3, 0.4) is 0 Å². The van der Waals surface area contributed by atoms with Gasteiger partial charge in [0, 0.05) is 31.3 Å². The third-order valence-corrected chi connectivity index (χ3v) is 9.79. The molecule has 278 valence electrons. The topological polar surface area (TPSA) is 132 Å². The first-order chi connectivity index (χ1) is 23.8. The standard InChI is InChI=1S/C41H60O9/c1-28(2)21-22-30(4)26-47-40(46)34(43)18-13-14-19-37-41(6,27-42)38-25-33(49-37)17-10-7-9-15-29(3)23-36-31(5)35(44)24-32(48-36)16-11-8-12-20-39(45)50-38/h8-15,17,20,23,28,31-38,42-44H,4,7,16,18-19,21-22,24-27H2,1-3,5-6H3/b11-8+,14-13-,15-9+,17-10+,20-12+,29-23-/t31-,32+,33-,34+,35+,36-,37+,38-,41+/m1/s1. The van der Waals surface area contributed by atoms with Crippen molar-refractivity contribution in [1.82, 2.24) is 0 Å². The summed E-state index contributed by atoms with van der Waals surface area (Å²) in [6.07, 6.45) is 21.0. The maximum Gasteiger partial charge on any atom is 0.335 e. The van der Waals surface area contributed by atoms with Gasteiger partial charge in [-0.3, -0.25) is 0 Å². The first-order valence-corrected chi connectivity index (χ1v) is 18.1. The van der Waals surface area contributed by atoms with Crippen molar-refractivity contribution in [3.05, 3.63) is 84.6 Å². The van der Waals surface area contributed by atoms with Gasteiger partial charge < -0.3 is 34.3 Å². The molecule has 0 spiro atoms. The highest BCUT2D eigenvalue weighted by Gasteiger charge is 2.49. The quantitative estimate of drug-likeness (QED) is 0.166.